The van der Waals surface area contributed by atoms with Gasteiger partial charge in [0.25, 0.3) is 0 Å². The number of aliphatic carboxylic acids is 1. The van der Waals surface area contributed by atoms with Crippen molar-refractivity contribution in [3.05, 3.63) is 16.9 Å². The Morgan fingerprint density at radius 1 is 1.61 bits per heavy atom. The predicted molar refractivity (Wildman–Crippen MR) is 68.2 cm³/mol. The Morgan fingerprint density at radius 2 is 2.33 bits per heavy atom. The number of nitrogens with one attached hydrogen (secondary N) is 1. The highest BCUT2D eigenvalue weighted by molar-refractivity contribution is 9.10. The molecule has 2 amide bonds. The molecule has 0 aliphatic heterocycles. The van der Waals surface area contributed by atoms with E-state index in [1.54, 1.807) is 24.1 Å². The monoisotopic (exact) mass is 318 g/mol. The van der Waals surface area contributed by atoms with Crippen LogP contribution in [0.25, 0.3) is 0 Å². The van der Waals surface area contributed by atoms with Gasteiger partial charge in [0.05, 0.1) is 23.6 Å². The van der Waals surface area contributed by atoms with Crippen LogP contribution in [0.1, 0.15) is 6.42 Å². The van der Waals surface area contributed by atoms with Gasteiger partial charge in [0.2, 0.25) is 0 Å². The van der Waals surface area contributed by atoms with Crippen LogP contribution in [0.15, 0.2) is 16.9 Å². The SMILES string of the molecule is CN(CCC(=O)O)C(=O)NCCn1cc(Br)cn1. The van der Waals surface area contributed by atoms with E-state index in [1.807, 2.05) is 0 Å². The van der Waals surface area contributed by atoms with Gasteiger partial charge in [-0.15, -0.1) is 0 Å². The molecule has 0 saturated heterocycles. The molecule has 1 heterocycles. The lowest BCUT2D eigenvalue weighted by molar-refractivity contribution is -0.137. The molecule has 0 aromatic carbocycles. The Bertz CT molecular complexity index is 421. The molecule has 0 fully saturated rings. The van der Waals surface area contributed by atoms with Crippen molar-refractivity contribution >= 4 is 27.9 Å². The van der Waals surface area contributed by atoms with Crippen molar-refractivity contribution < 1.29 is 14.7 Å². The van der Waals surface area contributed by atoms with Gasteiger partial charge in [-0.25, -0.2) is 4.79 Å². The van der Waals surface area contributed by atoms with E-state index in [2.05, 4.69) is 26.3 Å². The molecule has 1 aromatic heterocycles. The van der Waals surface area contributed by atoms with E-state index in [4.69, 9.17) is 5.11 Å². The first kappa shape index (κ1) is 14.5. The Kier molecular flexibility index (Phi) is 5.63. The number of amides is 2. The quantitative estimate of drug-likeness (QED) is 0.810. The molecule has 1 aromatic rings. The van der Waals surface area contributed by atoms with Crippen LogP contribution in [-0.4, -0.2) is 51.9 Å². The average molecular weight is 319 g/mol. The van der Waals surface area contributed by atoms with Crippen molar-refractivity contribution in [3.8, 4) is 0 Å². The van der Waals surface area contributed by atoms with Crippen molar-refractivity contribution in [1.82, 2.24) is 20.0 Å². The number of urea groups is 1. The summed E-state index contributed by atoms with van der Waals surface area (Å²) in [7, 11) is 1.56. The average Bonchev–Trinajstić information content (AvgIpc) is 2.71. The fourth-order valence-electron chi connectivity index (χ4n) is 1.24. The second-order valence-corrected chi connectivity index (χ2v) is 4.63. The van der Waals surface area contributed by atoms with Crippen LogP contribution in [0, 0.1) is 0 Å². The van der Waals surface area contributed by atoms with E-state index in [-0.39, 0.29) is 19.0 Å². The minimum absolute atomic E-state index is 0.0595. The molecule has 8 heteroatoms. The van der Waals surface area contributed by atoms with Gasteiger partial charge >= 0.3 is 12.0 Å². The highest BCUT2D eigenvalue weighted by Gasteiger charge is 2.09. The molecular formula is C10H15BrN4O3. The molecule has 0 unspecified atom stereocenters. The fraction of sp³-hybridized carbons (Fsp3) is 0.500. The summed E-state index contributed by atoms with van der Waals surface area (Å²) in [6.07, 6.45) is 3.41. The van der Waals surface area contributed by atoms with Crippen LogP contribution < -0.4 is 5.32 Å². The first-order valence-electron chi connectivity index (χ1n) is 5.37. The van der Waals surface area contributed by atoms with Crippen LogP contribution in [0.3, 0.4) is 0 Å². The van der Waals surface area contributed by atoms with E-state index in [0.29, 0.717) is 13.1 Å². The number of carboxylic acid groups (broad SMARTS) is 1. The number of carbonyl (C=O) groups is 2. The Labute approximate surface area is 113 Å². The van der Waals surface area contributed by atoms with E-state index in [9.17, 15) is 9.59 Å². The summed E-state index contributed by atoms with van der Waals surface area (Å²) in [6, 6.07) is -0.289. The van der Waals surface area contributed by atoms with Crippen molar-refractivity contribution in [1.29, 1.82) is 0 Å². The highest BCUT2D eigenvalue weighted by Crippen LogP contribution is 2.05. The molecule has 0 bridgehead atoms. The molecule has 0 spiro atoms. The fourth-order valence-corrected chi connectivity index (χ4v) is 1.57. The van der Waals surface area contributed by atoms with Gasteiger partial charge in [-0.1, -0.05) is 0 Å². The van der Waals surface area contributed by atoms with Gasteiger partial charge in [0.15, 0.2) is 0 Å². The lowest BCUT2D eigenvalue weighted by Gasteiger charge is -2.16. The zero-order valence-electron chi connectivity index (χ0n) is 9.97. The number of carbonyl (C=O) groups excluding carboxylic acids is 1. The Morgan fingerprint density at radius 3 is 2.89 bits per heavy atom. The van der Waals surface area contributed by atoms with Gasteiger partial charge in [-0.2, -0.15) is 5.10 Å². The van der Waals surface area contributed by atoms with E-state index < -0.39 is 5.97 Å². The zero-order chi connectivity index (χ0) is 13.5. The number of hydrogen-bond acceptors (Lipinski definition) is 3. The third-order valence-corrected chi connectivity index (χ3v) is 2.64. The normalized spacial score (nSPS) is 10.1. The third kappa shape index (κ3) is 5.17. The van der Waals surface area contributed by atoms with Crippen molar-refractivity contribution in [3.63, 3.8) is 0 Å². The molecule has 0 radical (unpaired) electrons. The number of nitrogens with zero attached hydrogens (tertiary/aromatic N) is 3. The summed E-state index contributed by atoms with van der Waals surface area (Å²) in [6.45, 7) is 1.18. The topological polar surface area (TPSA) is 87.5 Å². The summed E-state index contributed by atoms with van der Waals surface area (Å²) in [4.78, 5) is 23.2. The minimum atomic E-state index is -0.920. The largest absolute Gasteiger partial charge is 0.481 e. The summed E-state index contributed by atoms with van der Waals surface area (Å²) in [5.41, 5.74) is 0. The maximum Gasteiger partial charge on any atom is 0.317 e. The van der Waals surface area contributed by atoms with Crippen LogP contribution >= 0.6 is 15.9 Å². The molecule has 2 N–H and O–H groups in total. The summed E-state index contributed by atoms with van der Waals surface area (Å²) in [5.74, 6) is -0.920. The number of aromatic nitrogens is 2. The first-order valence-corrected chi connectivity index (χ1v) is 6.17. The Balaban J connectivity index is 2.22. The van der Waals surface area contributed by atoms with E-state index in [0.717, 1.165) is 4.47 Å². The maximum atomic E-state index is 11.5. The van der Waals surface area contributed by atoms with Crippen LogP contribution in [0.5, 0.6) is 0 Å². The van der Waals surface area contributed by atoms with Crippen LogP contribution in [0.4, 0.5) is 4.79 Å². The zero-order valence-corrected chi connectivity index (χ0v) is 11.6. The molecule has 0 saturated carbocycles. The van der Waals surface area contributed by atoms with Gasteiger partial charge in [0.1, 0.15) is 0 Å². The predicted octanol–water partition coefficient (Wildman–Crippen LogP) is 0.762. The van der Waals surface area contributed by atoms with E-state index in [1.165, 1.54) is 4.90 Å². The number of halogens is 1. The third-order valence-electron chi connectivity index (χ3n) is 2.23. The first-order chi connectivity index (χ1) is 8.49. The van der Waals surface area contributed by atoms with Gasteiger partial charge < -0.3 is 15.3 Å². The highest BCUT2D eigenvalue weighted by atomic mass is 79.9. The van der Waals surface area contributed by atoms with Crippen molar-refractivity contribution in [2.75, 3.05) is 20.1 Å². The molecule has 7 nitrogen and oxygen atoms in total. The molecule has 0 aliphatic rings. The molecule has 18 heavy (non-hydrogen) atoms. The van der Waals surface area contributed by atoms with Gasteiger partial charge in [0, 0.05) is 26.3 Å². The maximum absolute atomic E-state index is 11.5. The smallest absolute Gasteiger partial charge is 0.317 e. The molecule has 100 valence electrons. The van der Waals surface area contributed by atoms with Crippen molar-refractivity contribution in [2.24, 2.45) is 0 Å². The number of rotatable bonds is 6. The van der Waals surface area contributed by atoms with Gasteiger partial charge in [-0.05, 0) is 15.9 Å². The standard InChI is InChI=1S/C10H15BrN4O3/c1-14(4-2-9(16)17)10(18)12-3-5-15-7-8(11)6-13-15/h6-7H,2-5H2,1H3,(H,12,18)(H,16,17). The number of carboxylic acids is 1. The van der Waals surface area contributed by atoms with Crippen LogP contribution in [-0.2, 0) is 11.3 Å². The van der Waals surface area contributed by atoms with Crippen molar-refractivity contribution in [2.45, 2.75) is 13.0 Å². The summed E-state index contributed by atoms with van der Waals surface area (Å²) in [5, 5.41) is 15.2. The lowest BCUT2D eigenvalue weighted by atomic mass is 10.4. The minimum Gasteiger partial charge on any atom is -0.481 e. The summed E-state index contributed by atoms with van der Waals surface area (Å²) < 4.78 is 2.58. The molecule has 0 atom stereocenters. The van der Waals surface area contributed by atoms with Crippen LogP contribution in [0.2, 0.25) is 0 Å². The second-order valence-electron chi connectivity index (χ2n) is 3.72. The van der Waals surface area contributed by atoms with Gasteiger partial charge in [-0.3, -0.25) is 9.48 Å². The molecular weight excluding hydrogens is 304 g/mol. The number of hydrogen-bond donors (Lipinski definition) is 2. The van der Waals surface area contributed by atoms with E-state index >= 15 is 0 Å². The molecule has 0 aliphatic carbocycles. The lowest BCUT2D eigenvalue weighted by Crippen LogP contribution is -2.39. The Hall–Kier alpha value is -1.57. The second kappa shape index (κ2) is 7.00. The molecule has 1 rings (SSSR count). The summed E-state index contributed by atoms with van der Waals surface area (Å²) >= 11 is 3.28.